The van der Waals surface area contributed by atoms with Crippen molar-refractivity contribution < 1.29 is 0 Å². The lowest BCUT2D eigenvalue weighted by atomic mass is 9.94. The van der Waals surface area contributed by atoms with Crippen LogP contribution >= 0.6 is 0 Å². The highest BCUT2D eigenvalue weighted by atomic mass is 14.1. The number of unbranched alkanes of at least 4 members (excludes halogenated alkanes) is 5. The standard InChI is InChI=1S/C30H30/c1-2-3-4-5-6-7-10-22-13-16-27-25(19-22)14-18-29-28(27)17-15-26-20-23-11-8-9-12-24(23)21-30(26)29/h8-9,11-21H,2-7,10H2,1H3. The SMILES string of the molecule is CCCCCCCCc1ccc2c(ccc3c4cc5ccccc5cc4ccc23)c1. The normalized spacial score (nSPS) is 11.8. The molecule has 0 saturated carbocycles. The van der Waals surface area contributed by atoms with Gasteiger partial charge in [0.15, 0.2) is 0 Å². The van der Waals surface area contributed by atoms with Crippen LogP contribution in [0, 0.1) is 0 Å². The van der Waals surface area contributed by atoms with Crippen molar-refractivity contribution in [2.24, 2.45) is 0 Å². The van der Waals surface area contributed by atoms with Crippen molar-refractivity contribution in [3.8, 4) is 0 Å². The van der Waals surface area contributed by atoms with E-state index in [1.807, 2.05) is 0 Å². The fourth-order valence-electron chi connectivity index (χ4n) is 4.88. The van der Waals surface area contributed by atoms with Gasteiger partial charge < -0.3 is 0 Å². The van der Waals surface area contributed by atoms with Gasteiger partial charge in [-0.15, -0.1) is 0 Å². The zero-order valence-electron chi connectivity index (χ0n) is 18.0. The molecule has 0 fully saturated rings. The quantitative estimate of drug-likeness (QED) is 0.148. The Labute approximate surface area is 179 Å². The molecule has 0 bridgehead atoms. The Balaban J connectivity index is 1.48. The van der Waals surface area contributed by atoms with Crippen LogP contribution in [0.5, 0.6) is 0 Å². The average Bonchev–Trinajstić information content (AvgIpc) is 2.79. The Morgan fingerprint density at radius 1 is 0.467 bits per heavy atom. The summed E-state index contributed by atoms with van der Waals surface area (Å²) < 4.78 is 0. The molecule has 5 aromatic carbocycles. The fourth-order valence-corrected chi connectivity index (χ4v) is 4.88. The summed E-state index contributed by atoms with van der Waals surface area (Å²) in [7, 11) is 0. The van der Waals surface area contributed by atoms with Crippen LogP contribution in [0.1, 0.15) is 51.0 Å². The van der Waals surface area contributed by atoms with Crippen LogP contribution in [-0.2, 0) is 6.42 Å². The van der Waals surface area contributed by atoms with Crippen molar-refractivity contribution in [2.75, 3.05) is 0 Å². The third-order valence-electron chi connectivity index (χ3n) is 6.58. The van der Waals surface area contributed by atoms with Gasteiger partial charge in [0.1, 0.15) is 0 Å². The maximum atomic E-state index is 2.41. The van der Waals surface area contributed by atoms with Gasteiger partial charge in [0, 0.05) is 0 Å². The van der Waals surface area contributed by atoms with E-state index in [0.29, 0.717) is 0 Å². The first-order valence-corrected chi connectivity index (χ1v) is 11.6. The fraction of sp³-hybridized carbons (Fsp3) is 0.267. The van der Waals surface area contributed by atoms with Gasteiger partial charge in [-0.05, 0) is 73.6 Å². The molecule has 0 atom stereocenters. The Hall–Kier alpha value is -2.86. The highest BCUT2D eigenvalue weighted by Gasteiger charge is 2.07. The van der Waals surface area contributed by atoms with E-state index in [1.165, 1.54) is 93.6 Å². The van der Waals surface area contributed by atoms with Crippen molar-refractivity contribution in [2.45, 2.75) is 51.9 Å². The Bertz CT molecular complexity index is 1330. The third-order valence-corrected chi connectivity index (χ3v) is 6.58. The number of hydrogen-bond donors (Lipinski definition) is 0. The Kier molecular flexibility index (Phi) is 5.41. The van der Waals surface area contributed by atoms with Gasteiger partial charge >= 0.3 is 0 Å². The molecule has 0 aliphatic heterocycles. The second-order valence-electron chi connectivity index (χ2n) is 8.72. The lowest BCUT2D eigenvalue weighted by molar-refractivity contribution is 0.607. The summed E-state index contributed by atoms with van der Waals surface area (Å²) in [5.41, 5.74) is 1.48. The van der Waals surface area contributed by atoms with Crippen molar-refractivity contribution >= 4 is 43.1 Å². The molecule has 0 unspecified atom stereocenters. The van der Waals surface area contributed by atoms with E-state index < -0.39 is 0 Å². The summed E-state index contributed by atoms with van der Waals surface area (Å²) in [6, 6.07) is 29.7. The first-order chi connectivity index (χ1) is 14.8. The predicted molar refractivity (Wildman–Crippen MR) is 134 cm³/mol. The van der Waals surface area contributed by atoms with Crippen LogP contribution in [0.2, 0.25) is 0 Å². The molecule has 0 aliphatic rings. The maximum absolute atomic E-state index is 2.41. The zero-order valence-corrected chi connectivity index (χ0v) is 18.0. The van der Waals surface area contributed by atoms with Gasteiger partial charge in [0.25, 0.3) is 0 Å². The third kappa shape index (κ3) is 3.67. The van der Waals surface area contributed by atoms with Crippen molar-refractivity contribution in [3.05, 3.63) is 84.4 Å². The summed E-state index contributed by atoms with van der Waals surface area (Å²) in [6.45, 7) is 2.28. The highest BCUT2D eigenvalue weighted by molar-refractivity contribution is 6.19. The molecule has 0 aliphatic carbocycles. The molecule has 0 N–H and O–H groups in total. The number of benzene rings is 5. The molecule has 0 aromatic heterocycles. The van der Waals surface area contributed by atoms with E-state index in [1.54, 1.807) is 0 Å². The van der Waals surface area contributed by atoms with E-state index in [0.717, 1.165) is 0 Å². The first-order valence-electron chi connectivity index (χ1n) is 11.6. The smallest absolute Gasteiger partial charge is 0.00987 e. The number of aryl methyl sites for hydroxylation is 1. The second-order valence-corrected chi connectivity index (χ2v) is 8.72. The van der Waals surface area contributed by atoms with Crippen LogP contribution in [0.3, 0.4) is 0 Å². The van der Waals surface area contributed by atoms with Gasteiger partial charge in [0.2, 0.25) is 0 Å². The molecule has 0 radical (unpaired) electrons. The number of fused-ring (bicyclic) bond motifs is 6. The van der Waals surface area contributed by atoms with E-state index in [9.17, 15) is 0 Å². The minimum Gasteiger partial charge on any atom is -0.0654 e. The molecular formula is C30H30. The van der Waals surface area contributed by atoms with Crippen LogP contribution < -0.4 is 0 Å². The van der Waals surface area contributed by atoms with Gasteiger partial charge in [-0.3, -0.25) is 0 Å². The summed E-state index contributed by atoms with van der Waals surface area (Å²) in [5, 5.41) is 10.7. The maximum Gasteiger partial charge on any atom is -0.00987 e. The Morgan fingerprint density at radius 3 is 1.90 bits per heavy atom. The molecule has 5 rings (SSSR count). The summed E-state index contributed by atoms with van der Waals surface area (Å²) in [6.07, 6.45) is 9.34. The van der Waals surface area contributed by atoms with Crippen molar-refractivity contribution in [1.29, 1.82) is 0 Å². The van der Waals surface area contributed by atoms with Gasteiger partial charge in [-0.2, -0.15) is 0 Å². The Morgan fingerprint density at radius 2 is 1.10 bits per heavy atom. The van der Waals surface area contributed by atoms with E-state index in [-0.39, 0.29) is 0 Å². The van der Waals surface area contributed by atoms with Crippen LogP contribution in [0.4, 0.5) is 0 Å². The van der Waals surface area contributed by atoms with Crippen molar-refractivity contribution in [3.63, 3.8) is 0 Å². The number of hydrogen-bond acceptors (Lipinski definition) is 0. The second kappa shape index (κ2) is 8.48. The zero-order chi connectivity index (χ0) is 20.3. The average molecular weight is 391 g/mol. The van der Waals surface area contributed by atoms with Crippen LogP contribution in [-0.4, -0.2) is 0 Å². The minimum absolute atomic E-state index is 1.20. The van der Waals surface area contributed by atoms with Crippen molar-refractivity contribution in [1.82, 2.24) is 0 Å². The molecule has 0 spiro atoms. The molecule has 30 heavy (non-hydrogen) atoms. The van der Waals surface area contributed by atoms with E-state index in [4.69, 9.17) is 0 Å². The van der Waals surface area contributed by atoms with E-state index in [2.05, 4.69) is 85.8 Å². The molecule has 0 amide bonds. The predicted octanol–water partition coefficient (Wildman–Crippen LogP) is 9.20. The summed E-state index contributed by atoms with van der Waals surface area (Å²) in [4.78, 5) is 0. The summed E-state index contributed by atoms with van der Waals surface area (Å²) >= 11 is 0. The number of rotatable bonds is 7. The van der Waals surface area contributed by atoms with Crippen LogP contribution in [0.15, 0.2) is 78.9 Å². The minimum atomic E-state index is 1.20. The molecule has 5 aromatic rings. The molecule has 0 nitrogen and oxygen atoms in total. The monoisotopic (exact) mass is 390 g/mol. The molecule has 0 saturated heterocycles. The highest BCUT2D eigenvalue weighted by Crippen LogP contribution is 2.34. The lowest BCUT2D eigenvalue weighted by Gasteiger charge is -2.10. The topological polar surface area (TPSA) is 0 Å². The molecular weight excluding hydrogens is 360 g/mol. The first kappa shape index (κ1) is 19.1. The lowest BCUT2D eigenvalue weighted by Crippen LogP contribution is -1.88. The van der Waals surface area contributed by atoms with Gasteiger partial charge in [0.05, 0.1) is 0 Å². The molecule has 0 heteroatoms. The molecule has 0 heterocycles. The van der Waals surface area contributed by atoms with Gasteiger partial charge in [-0.1, -0.05) is 106 Å². The van der Waals surface area contributed by atoms with E-state index >= 15 is 0 Å². The summed E-state index contributed by atoms with van der Waals surface area (Å²) in [5.74, 6) is 0. The van der Waals surface area contributed by atoms with Gasteiger partial charge in [-0.25, -0.2) is 0 Å². The van der Waals surface area contributed by atoms with Crippen LogP contribution in [0.25, 0.3) is 43.1 Å². The largest absolute Gasteiger partial charge is 0.0654 e. The molecule has 150 valence electrons.